The standard InChI is InChI=1S/C16H16N2O3S2/c1-10-6-11(8-20-2)13(7-17)15(18-10)22-9-12-4-5-14(23-12)16(19)21-3/h4-6H,8-9H2,1-3H3. The fourth-order valence-electron chi connectivity index (χ4n) is 2.01. The zero-order valence-electron chi connectivity index (χ0n) is 13.1. The summed E-state index contributed by atoms with van der Waals surface area (Å²) >= 11 is 2.87. The van der Waals surface area contributed by atoms with E-state index in [-0.39, 0.29) is 5.97 Å². The Morgan fingerprint density at radius 1 is 1.43 bits per heavy atom. The molecule has 0 fully saturated rings. The zero-order valence-corrected chi connectivity index (χ0v) is 14.7. The summed E-state index contributed by atoms with van der Waals surface area (Å²) in [7, 11) is 2.97. The third kappa shape index (κ3) is 4.32. The van der Waals surface area contributed by atoms with Crippen LogP contribution in [0.5, 0.6) is 0 Å². The van der Waals surface area contributed by atoms with Gasteiger partial charge in [-0.2, -0.15) is 5.26 Å². The SMILES string of the molecule is COCc1cc(C)nc(SCc2ccc(C(=O)OC)s2)c1C#N. The van der Waals surface area contributed by atoms with Crippen LogP contribution in [-0.4, -0.2) is 25.2 Å². The van der Waals surface area contributed by atoms with Crippen molar-refractivity contribution in [3.8, 4) is 6.07 Å². The summed E-state index contributed by atoms with van der Waals surface area (Å²) in [5.41, 5.74) is 2.23. The summed E-state index contributed by atoms with van der Waals surface area (Å²) in [6, 6.07) is 7.72. The summed E-state index contributed by atoms with van der Waals surface area (Å²) in [6.45, 7) is 2.27. The van der Waals surface area contributed by atoms with Crippen LogP contribution >= 0.6 is 23.1 Å². The smallest absolute Gasteiger partial charge is 0.348 e. The molecular formula is C16H16N2O3S2. The molecule has 0 amide bonds. The van der Waals surface area contributed by atoms with E-state index in [1.807, 2.05) is 19.1 Å². The Hall–Kier alpha value is -1.88. The molecule has 2 aromatic heterocycles. The van der Waals surface area contributed by atoms with E-state index in [1.165, 1.54) is 30.2 Å². The van der Waals surface area contributed by atoms with Crippen molar-refractivity contribution in [2.45, 2.75) is 24.3 Å². The Balaban J connectivity index is 2.18. The molecule has 2 aromatic rings. The van der Waals surface area contributed by atoms with Crippen molar-refractivity contribution in [3.05, 3.63) is 44.8 Å². The molecule has 0 aliphatic carbocycles. The van der Waals surface area contributed by atoms with Crippen molar-refractivity contribution in [2.24, 2.45) is 0 Å². The fourth-order valence-corrected chi connectivity index (χ4v) is 4.05. The molecule has 0 N–H and O–H groups in total. The Bertz CT molecular complexity index is 750. The lowest BCUT2D eigenvalue weighted by molar-refractivity contribution is 0.0606. The number of aryl methyl sites for hydroxylation is 1. The van der Waals surface area contributed by atoms with Gasteiger partial charge in [-0.25, -0.2) is 9.78 Å². The second kappa shape index (κ2) is 8.11. The number of thioether (sulfide) groups is 1. The number of rotatable bonds is 6. The van der Waals surface area contributed by atoms with Gasteiger partial charge in [0.2, 0.25) is 0 Å². The number of carbonyl (C=O) groups excluding carboxylic acids is 1. The van der Waals surface area contributed by atoms with Gasteiger partial charge in [0.25, 0.3) is 0 Å². The molecule has 5 nitrogen and oxygen atoms in total. The first kappa shape index (κ1) is 17.5. The average Bonchev–Trinajstić information content (AvgIpc) is 3.01. The first-order chi connectivity index (χ1) is 11.1. The monoisotopic (exact) mass is 348 g/mol. The number of carbonyl (C=O) groups is 1. The number of esters is 1. The number of nitriles is 1. The van der Waals surface area contributed by atoms with Gasteiger partial charge in [-0.3, -0.25) is 0 Å². The second-order valence-corrected chi connectivity index (χ2v) is 6.83. The van der Waals surface area contributed by atoms with Crippen LogP contribution in [0.15, 0.2) is 23.2 Å². The van der Waals surface area contributed by atoms with Gasteiger partial charge >= 0.3 is 5.97 Å². The summed E-state index contributed by atoms with van der Waals surface area (Å²) in [6.07, 6.45) is 0. The molecule has 2 heterocycles. The van der Waals surface area contributed by atoms with E-state index in [1.54, 1.807) is 13.2 Å². The predicted octanol–water partition coefficient (Wildman–Crippen LogP) is 3.55. The van der Waals surface area contributed by atoms with Crippen molar-refractivity contribution in [1.82, 2.24) is 4.98 Å². The lowest BCUT2D eigenvalue weighted by Crippen LogP contribution is -1.99. The van der Waals surface area contributed by atoms with Crippen LogP contribution in [0.4, 0.5) is 0 Å². The van der Waals surface area contributed by atoms with Gasteiger partial charge in [0, 0.05) is 23.4 Å². The van der Waals surface area contributed by atoms with Crippen LogP contribution in [0.3, 0.4) is 0 Å². The number of nitrogens with zero attached hydrogens (tertiary/aromatic N) is 2. The highest BCUT2D eigenvalue weighted by Crippen LogP contribution is 2.30. The van der Waals surface area contributed by atoms with Gasteiger partial charge in [-0.15, -0.1) is 11.3 Å². The Morgan fingerprint density at radius 3 is 2.87 bits per heavy atom. The van der Waals surface area contributed by atoms with Crippen LogP contribution in [0, 0.1) is 18.3 Å². The summed E-state index contributed by atoms with van der Waals surface area (Å²) in [5.74, 6) is 0.305. The quantitative estimate of drug-likeness (QED) is 0.587. The molecule has 2 rings (SSSR count). The minimum absolute atomic E-state index is 0.333. The lowest BCUT2D eigenvalue weighted by Gasteiger charge is -2.09. The Labute approximate surface area is 143 Å². The molecular weight excluding hydrogens is 332 g/mol. The normalized spacial score (nSPS) is 10.3. The molecule has 0 radical (unpaired) electrons. The van der Waals surface area contributed by atoms with E-state index < -0.39 is 0 Å². The Kier molecular flexibility index (Phi) is 6.16. The zero-order chi connectivity index (χ0) is 16.8. The molecule has 0 saturated heterocycles. The Morgan fingerprint density at radius 2 is 2.22 bits per heavy atom. The topological polar surface area (TPSA) is 72.2 Å². The summed E-state index contributed by atoms with van der Waals surface area (Å²) in [5, 5.41) is 10.1. The highest BCUT2D eigenvalue weighted by Gasteiger charge is 2.14. The second-order valence-electron chi connectivity index (χ2n) is 4.69. The van der Waals surface area contributed by atoms with Gasteiger partial charge in [0.05, 0.1) is 19.3 Å². The first-order valence-electron chi connectivity index (χ1n) is 6.78. The maximum absolute atomic E-state index is 11.5. The first-order valence-corrected chi connectivity index (χ1v) is 8.58. The number of methoxy groups -OCH3 is 2. The molecule has 0 aliphatic heterocycles. The molecule has 0 unspecified atom stereocenters. The number of hydrogen-bond acceptors (Lipinski definition) is 7. The van der Waals surface area contributed by atoms with Crippen molar-refractivity contribution in [1.29, 1.82) is 5.26 Å². The van der Waals surface area contributed by atoms with E-state index in [9.17, 15) is 10.1 Å². The molecule has 0 aliphatic rings. The summed E-state index contributed by atoms with van der Waals surface area (Å²) < 4.78 is 9.85. The third-order valence-corrected chi connectivity index (χ3v) is 5.28. The molecule has 0 aromatic carbocycles. The van der Waals surface area contributed by atoms with E-state index >= 15 is 0 Å². The minimum atomic E-state index is -0.333. The van der Waals surface area contributed by atoms with Crippen LogP contribution in [-0.2, 0) is 21.8 Å². The highest BCUT2D eigenvalue weighted by atomic mass is 32.2. The lowest BCUT2D eigenvalue weighted by atomic mass is 10.1. The molecule has 0 saturated carbocycles. The fraction of sp³-hybridized carbons (Fsp3) is 0.312. The summed E-state index contributed by atoms with van der Waals surface area (Å²) in [4.78, 5) is 17.5. The average molecular weight is 348 g/mol. The van der Waals surface area contributed by atoms with E-state index in [2.05, 4.69) is 11.1 Å². The number of aromatic nitrogens is 1. The van der Waals surface area contributed by atoms with Crippen molar-refractivity contribution in [2.75, 3.05) is 14.2 Å². The molecule has 0 atom stereocenters. The number of thiophene rings is 1. The molecule has 7 heteroatoms. The maximum atomic E-state index is 11.5. The van der Waals surface area contributed by atoms with Gasteiger partial charge in [0.1, 0.15) is 16.0 Å². The van der Waals surface area contributed by atoms with E-state index in [0.29, 0.717) is 27.8 Å². The van der Waals surface area contributed by atoms with Crippen molar-refractivity contribution in [3.63, 3.8) is 0 Å². The largest absolute Gasteiger partial charge is 0.465 e. The van der Waals surface area contributed by atoms with Crippen LogP contribution in [0.1, 0.15) is 31.4 Å². The molecule has 0 spiro atoms. The number of hydrogen-bond donors (Lipinski definition) is 0. The van der Waals surface area contributed by atoms with Crippen LogP contribution in [0.2, 0.25) is 0 Å². The van der Waals surface area contributed by atoms with E-state index in [0.717, 1.165) is 16.1 Å². The molecule has 23 heavy (non-hydrogen) atoms. The molecule has 120 valence electrons. The van der Waals surface area contributed by atoms with Gasteiger partial charge < -0.3 is 9.47 Å². The van der Waals surface area contributed by atoms with Crippen LogP contribution in [0.25, 0.3) is 0 Å². The van der Waals surface area contributed by atoms with Crippen LogP contribution < -0.4 is 0 Å². The predicted molar refractivity (Wildman–Crippen MR) is 89.6 cm³/mol. The number of ether oxygens (including phenoxy) is 2. The molecule has 0 bridgehead atoms. The van der Waals surface area contributed by atoms with E-state index in [4.69, 9.17) is 9.47 Å². The minimum Gasteiger partial charge on any atom is -0.465 e. The van der Waals surface area contributed by atoms with Crippen molar-refractivity contribution >= 4 is 29.1 Å². The third-order valence-electron chi connectivity index (χ3n) is 3.01. The number of pyridine rings is 1. The highest BCUT2D eigenvalue weighted by molar-refractivity contribution is 7.98. The van der Waals surface area contributed by atoms with Gasteiger partial charge in [-0.05, 0) is 30.7 Å². The van der Waals surface area contributed by atoms with Gasteiger partial charge in [0.15, 0.2) is 0 Å². The van der Waals surface area contributed by atoms with Crippen molar-refractivity contribution < 1.29 is 14.3 Å². The van der Waals surface area contributed by atoms with Gasteiger partial charge in [-0.1, -0.05) is 11.8 Å². The maximum Gasteiger partial charge on any atom is 0.348 e.